The lowest BCUT2D eigenvalue weighted by Gasteiger charge is -2.28. The monoisotopic (exact) mass is 289 g/mol. The summed E-state index contributed by atoms with van der Waals surface area (Å²) in [6, 6.07) is 0. The minimum absolute atomic E-state index is 0.234. The van der Waals surface area contributed by atoms with Crippen LogP contribution in [0.5, 0.6) is 0 Å². The number of fused-ring (bicyclic) bond motifs is 1. The van der Waals surface area contributed by atoms with Gasteiger partial charge in [0.05, 0.1) is 0 Å². The molecule has 3 rings (SSSR count). The summed E-state index contributed by atoms with van der Waals surface area (Å²) < 4.78 is 6.15. The van der Waals surface area contributed by atoms with Crippen molar-refractivity contribution in [3.8, 4) is 0 Å². The third kappa shape index (κ3) is 2.78. The first-order chi connectivity index (χ1) is 10.3. The number of hydrogen-bond acceptors (Lipinski definition) is 4. The molecule has 0 unspecified atom stereocenters. The van der Waals surface area contributed by atoms with Gasteiger partial charge in [-0.1, -0.05) is 6.42 Å². The predicted octanol–water partition coefficient (Wildman–Crippen LogP) is 3.59. The Hall–Kier alpha value is -1.16. The van der Waals surface area contributed by atoms with E-state index in [1.165, 1.54) is 43.4 Å². The molecule has 1 heterocycles. The standard InChI is InChI=1S/C17H27N3O/c1-3-21-17(11-7-8-12-17)16-19-14-10-6-4-5-9-13(14)15(18-2)20-16/h3-12H2,1-2H3,(H,18,19,20). The van der Waals surface area contributed by atoms with Gasteiger partial charge in [0.15, 0.2) is 5.82 Å². The van der Waals surface area contributed by atoms with Crippen LogP contribution in [0, 0.1) is 0 Å². The van der Waals surface area contributed by atoms with Crippen LogP contribution in [0.15, 0.2) is 0 Å². The average molecular weight is 289 g/mol. The first-order valence-electron chi connectivity index (χ1n) is 8.51. The summed E-state index contributed by atoms with van der Waals surface area (Å²) in [5.74, 6) is 1.95. The Bertz CT molecular complexity index is 495. The smallest absolute Gasteiger partial charge is 0.162 e. The van der Waals surface area contributed by atoms with Crippen molar-refractivity contribution in [1.82, 2.24) is 9.97 Å². The Kier molecular flexibility index (Phi) is 4.43. The lowest BCUT2D eigenvalue weighted by Crippen LogP contribution is -2.30. The van der Waals surface area contributed by atoms with E-state index in [4.69, 9.17) is 14.7 Å². The van der Waals surface area contributed by atoms with E-state index in [1.807, 2.05) is 7.05 Å². The highest BCUT2D eigenvalue weighted by atomic mass is 16.5. The summed E-state index contributed by atoms with van der Waals surface area (Å²) >= 11 is 0. The summed E-state index contributed by atoms with van der Waals surface area (Å²) in [6.07, 6.45) is 10.5. The first kappa shape index (κ1) is 14.8. The van der Waals surface area contributed by atoms with E-state index in [1.54, 1.807) is 0 Å². The number of rotatable bonds is 4. The second kappa shape index (κ2) is 6.30. The van der Waals surface area contributed by atoms with Crippen molar-refractivity contribution in [2.45, 2.75) is 70.3 Å². The molecule has 1 aromatic heterocycles. The van der Waals surface area contributed by atoms with Crippen LogP contribution in [0.3, 0.4) is 0 Å². The average Bonchev–Trinajstić information content (AvgIpc) is 2.85. The van der Waals surface area contributed by atoms with Crippen LogP contribution >= 0.6 is 0 Å². The van der Waals surface area contributed by atoms with Crippen LogP contribution in [0.4, 0.5) is 5.82 Å². The van der Waals surface area contributed by atoms with Crippen LogP contribution in [-0.4, -0.2) is 23.6 Å². The van der Waals surface area contributed by atoms with Crippen LogP contribution in [0.25, 0.3) is 0 Å². The van der Waals surface area contributed by atoms with E-state index in [-0.39, 0.29) is 5.60 Å². The predicted molar refractivity (Wildman–Crippen MR) is 84.6 cm³/mol. The lowest BCUT2D eigenvalue weighted by molar-refractivity contribution is -0.0457. The van der Waals surface area contributed by atoms with Gasteiger partial charge in [0.2, 0.25) is 0 Å². The van der Waals surface area contributed by atoms with E-state index in [2.05, 4.69) is 12.2 Å². The second-order valence-electron chi connectivity index (χ2n) is 6.27. The molecule has 0 aromatic carbocycles. The molecule has 1 fully saturated rings. The second-order valence-corrected chi connectivity index (χ2v) is 6.27. The zero-order valence-corrected chi connectivity index (χ0v) is 13.4. The van der Waals surface area contributed by atoms with E-state index < -0.39 is 0 Å². The third-order valence-corrected chi connectivity index (χ3v) is 4.91. The molecule has 0 saturated heterocycles. The van der Waals surface area contributed by atoms with E-state index in [0.717, 1.165) is 43.9 Å². The number of anilines is 1. The molecular weight excluding hydrogens is 262 g/mol. The molecule has 1 N–H and O–H groups in total. The van der Waals surface area contributed by atoms with E-state index in [9.17, 15) is 0 Å². The minimum atomic E-state index is -0.234. The molecular formula is C17H27N3O. The third-order valence-electron chi connectivity index (χ3n) is 4.91. The Balaban J connectivity index is 2.04. The van der Waals surface area contributed by atoms with Crippen LogP contribution in [0.1, 0.15) is 69.0 Å². The number of hydrogen-bond donors (Lipinski definition) is 1. The molecule has 1 aromatic rings. The molecule has 0 atom stereocenters. The fraction of sp³-hybridized carbons (Fsp3) is 0.765. The fourth-order valence-electron chi connectivity index (χ4n) is 3.84. The van der Waals surface area contributed by atoms with Gasteiger partial charge in [-0.25, -0.2) is 9.97 Å². The maximum atomic E-state index is 6.15. The van der Waals surface area contributed by atoms with Crippen molar-refractivity contribution >= 4 is 5.82 Å². The zero-order valence-electron chi connectivity index (χ0n) is 13.4. The first-order valence-corrected chi connectivity index (χ1v) is 8.51. The van der Waals surface area contributed by atoms with Crippen molar-refractivity contribution in [3.05, 3.63) is 17.1 Å². The van der Waals surface area contributed by atoms with E-state index in [0.29, 0.717) is 0 Å². The van der Waals surface area contributed by atoms with Crippen molar-refractivity contribution in [1.29, 1.82) is 0 Å². The summed E-state index contributed by atoms with van der Waals surface area (Å²) in [5.41, 5.74) is 2.36. The van der Waals surface area contributed by atoms with Gasteiger partial charge >= 0.3 is 0 Å². The molecule has 0 amide bonds. The Labute approximate surface area is 127 Å². The van der Waals surface area contributed by atoms with Gasteiger partial charge in [0.1, 0.15) is 11.4 Å². The molecule has 21 heavy (non-hydrogen) atoms. The van der Waals surface area contributed by atoms with E-state index >= 15 is 0 Å². The summed E-state index contributed by atoms with van der Waals surface area (Å²) in [7, 11) is 1.97. The number of nitrogens with zero attached hydrogens (tertiary/aromatic N) is 2. The van der Waals surface area contributed by atoms with Crippen LogP contribution in [0.2, 0.25) is 0 Å². The molecule has 4 nitrogen and oxygen atoms in total. The van der Waals surface area contributed by atoms with Gasteiger partial charge in [0.25, 0.3) is 0 Å². The fourth-order valence-corrected chi connectivity index (χ4v) is 3.84. The highest BCUT2D eigenvalue weighted by Gasteiger charge is 2.40. The van der Waals surface area contributed by atoms with Gasteiger partial charge in [-0.3, -0.25) is 0 Å². The minimum Gasteiger partial charge on any atom is -0.373 e. The molecule has 0 radical (unpaired) electrons. The van der Waals surface area contributed by atoms with Crippen LogP contribution in [-0.2, 0) is 23.2 Å². The summed E-state index contributed by atoms with van der Waals surface area (Å²) in [5, 5.41) is 3.30. The van der Waals surface area contributed by atoms with Gasteiger partial charge in [0, 0.05) is 24.9 Å². The number of aryl methyl sites for hydroxylation is 1. The SMILES string of the molecule is CCOC1(c2nc3c(c(NC)n2)CCCCC3)CCCC1. The van der Waals surface area contributed by atoms with Gasteiger partial charge in [-0.05, 0) is 58.3 Å². The van der Waals surface area contributed by atoms with Crippen LogP contribution < -0.4 is 5.32 Å². The molecule has 0 aliphatic heterocycles. The molecule has 116 valence electrons. The largest absolute Gasteiger partial charge is 0.373 e. The summed E-state index contributed by atoms with van der Waals surface area (Å²) in [4.78, 5) is 9.85. The molecule has 4 heteroatoms. The molecule has 2 aliphatic rings. The Morgan fingerprint density at radius 1 is 1.05 bits per heavy atom. The van der Waals surface area contributed by atoms with Crippen molar-refractivity contribution in [2.24, 2.45) is 0 Å². The topological polar surface area (TPSA) is 47.0 Å². The number of nitrogens with one attached hydrogen (secondary N) is 1. The maximum absolute atomic E-state index is 6.15. The molecule has 2 aliphatic carbocycles. The number of ether oxygens (including phenoxy) is 1. The Morgan fingerprint density at radius 3 is 2.52 bits per heavy atom. The summed E-state index contributed by atoms with van der Waals surface area (Å²) in [6.45, 7) is 2.80. The molecule has 0 bridgehead atoms. The van der Waals surface area contributed by atoms with Gasteiger partial charge in [-0.15, -0.1) is 0 Å². The quantitative estimate of drug-likeness (QED) is 0.860. The van der Waals surface area contributed by atoms with Crippen molar-refractivity contribution in [3.63, 3.8) is 0 Å². The van der Waals surface area contributed by atoms with Crippen molar-refractivity contribution in [2.75, 3.05) is 19.0 Å². The van der Waals surface area contributed by atoms with Crippen molar-refractivity contribution < 1.29 is 4.74 Å². The normalized spacial score (nSPS) is 20.9. The van der Waals surface area contributed by atoms with Gasteiger partial charge in [-0.2, -0.15) is 0 Å². The number of aromatic nitrogens is 2. The molecule has 1 saturated carbocycles. The zero-order chi connectivity index (χ0) is 14.7. The molecule has 0 spiro atoms. The maximum Gasteiger partial charge on any atom is 0.162 e. The highest BCUT2D eigenvalue weighted by molar-refractivity contribution is 5.47. The Morgan fingerprint density at radius 2 is 1.81 bits per heavy atom. The lowest BCUT2D eigenvalue weighted by atomic mass is 9.99. The van der Waals surface area contributed by atoms with Gasteiger partial charge < -0.3 is 10.1 Å². The highest BCUT2D eigenvalue weighted by Crippen LogP contribution is 2.41.